The summed E-state index contributed by atoms with van der Waals surface area (Å²) in [6.45, 7) is 1.48. The molecule has 5 heteroatoms. The maximum atomic E-state index is 11.5. The normalized spacial score (nSPS) is 10.7. The van der Waals surface area contributed by atoms with Gasteiger partial charge in [-0.05, 0) is 29.8 Å². The molecule has 5 nitrogen and oxygen atoms in total. The lowest BCUT2D eigenvalue weighted by Gasteiger charge is -2.06. The van der Waals surface area contributed by atoms with E-state index in [2.05, 4.69) is 10.3 Å². The standard InChI is InChI=1S/C18H20N2O3/c1-22-12-11-20-18(21)9-6-15-4-7-17(8-5-15)23-14-16-3-2-10-19-13-16/h2-10,13H,11-12,14H2,1H3,(H,20,21)/b9-6+. The van der Waals surface area contributed by atoms with E-state index in [-0.39, 0.29) is 5.91 Å². The van der Waals surface area contributed by atoms with E-state index in [4.69, 9.17) is 9.47 Å². The molecule has 0 spiro atoms. The first kappa shape index (κ1) is 16.7. The number of hydrogen-bond acceptors (Lipinski definition) is 4. The number of carbonyl (C=O) groups excluding carboxylic acids is 1. The van der Waals surface area contributed by atoms with E-state index in [1.807, 2.05) is 36.4 Å². The molecule has 120 valence electrons. The second kappa shape index (κ2) is 9.38. The van der Waals surface area contributed by atoms with Gasteiger partial charge in [-0.3, -0.25) is 9.78 Å². The first-order chi connectivity index (χ1) is 11.3. The summed E-state index contributed by atoms with van der Waals surface area (Å²) in [7, 11) is 1.60. The van der Waals surface area contributed by atoms with Crippen molar-refractivity contribution in [3.63, 3.8) is 0 Å². The van der Waals surface area contributed by atoms with Gasteiger partial charge in [-0.25, -0.2) is 0 Å². The van der Waals surface area contributed by atoms with Gasteiger partial charge < -0.3 is 14.8 Å². The van der Waals surface area contributed by atoms with Crippen molar-refractivity contribution >= 4 is 12.0 Å². The third-order valence-electron chi connectivity index (χ3n) is 3.04. The summed E-state index contributed by atoms with van der Waals surface area (Å²) in [5.74, 6) is 0.634. The zero-order chi connectivity index (χ0) is 16.3. The van der Waals surface area contributed by atoms with Crippen LogP contribution in [0.25, 0.3) is 6.08 Å². The lowest BCUT2D eigenvalue weighted by molar-refractivity contribution is -0.116. The van der Waals surface area contributed by atoms with Crippen LogP contribution in [0.5, 0.6) is 5.75 Å². The van der Waals surface area contributed by atoms with E-state index in [1.165, 1.54) is 6.08 Å². The monoisotopic (exact) mass is 312 g/mol. The molecule has 1 aromatic heterocycles. The number of rotatable bonds is 8. The number of aromatic nitrogens is 1. The van der Waals surface area contributed by atoms with E-state index in [1.54, 1.807) is 25.6 Å². The predicted octanol–water partition coefficient (Wildman–Crippen LogP) is 2.44. The van der Waals surface area contributed by atoms with Gasteiger partial charge in [0.25, 0.3) is 0 Å². The van der Waals surface area contributed by atoms with Crippen molar-refractivity contribution in [2.45, 2.75) is 6.61 Å². The highest BCUT2D eigenvalue weighted by Crippen LogP contribution is 2.14. The summed E-state index contributed by atoms with van der Waals surface area (Å²) >= 11 is 0. The number of carbonyl (C=O) groups is 1. The Morgan fingerprint density at radius 3 is 2.78 bits per heavy atom. The number of benzene rings is 1. The van der Waals surface area contributed by atoms with Crippen molar-refractivity contribution in [1.82, 2.24) is 10.3 Å². The van der Waals surface area contributed by atoms with Crippen LogP contribution in [-0.4, -0.2) is 31.2 Å². The van der Waals surface area contributed by atoms with Gasteiger partial charge in [0.15, 0.2) is 0 Å². The number of hydrogen-bond donors (Lipinski definition) is 1. The number of amides is 1. The van der Waals surface area contributed by atoms with E-state index in [0.29, 0.717) is 19.8 Å². The third-order valence-corrected chi connectivity index (χ3v) is 3.04. The molecule has 0 aliphatic heterocycles. The number of methoxy groups -OCH3 is 1. The summed E-state index contributed by atoms with van der Waals surface area (Å²) in [5, 5.41) is 2.72. The number of nitrogens with zero attached hydrogens (tertiary/aromatic N) is 1. The molecule has 0 saturated heterocycles. The largest absolute Gasteiger partial charge is 0.489 e. The zero-order valence-electron chi connectivity index (χ0n) is 13.1. The molecular weight excluding hydrogens is 292 g/mol. The van der Waals surface area contributed by atoms with Gasteiger partial charge in [0, 0.05) is 37.7 Å². The van der Waals surface area contributed by atoms with Gasteiger partial charge in [0.1, 0.15) is 12.4 Å². The van der Waals surface area contributed by atoms with Gasteiger partial charge in [-0.2, -0.15) is 0 Å². The minimum Gasteiger partial charge on any atom is -0.489 e. The molecule has 1 aromatic carbocycles. The highest BCUT2D eigenvalue weighted by Gasteiger charge is 1.97. The van der Waals surface area contributed by atoms with Gasteiger partial charge in [-0.15, -0.1) is 0 Å². The fourth-order valence-corrected chi connectivity index (χ4v) is 1.83. The Bertz CT molecular complexity index is 624. The van der Waals surface area contributed by atoms with Crippen LogP contribution < -0.4 is 10.1 Å². The van der Waals surface area contributed by atoms with E-state index >= 15 is 0 Å². The Morgan fingerprint density at radius 1 is 1.26 bits per heavy atom. The van der Waals surface area contributed by atoms with Crippen LogP contribution in [0.2, 0.25) is 0 Å². The molecule has 0 saturated carbocycles. The maximum absolute atomic E-state index is 11.5. The Morgan fingerprint density at radius 2 is 2.09 bits per heavy atom. The highest BCUT2D eigenvalue weighted by atomic mass is 16.5. The summed E-state index contributed by atoms with van der Waals surface area (Å²) in [6.07, 6.45) is 6.77. The van der Waals surface area contributed by atoms with Crippen molar-refractivity contribution < 1.29 is 14.3 Å². The number of pyridine rings is 1. The van der Waals surface area contributed by atoms with Crippen molar-refractivity contribution in [3.8, 4) is 5.75 Å². The van der Waals surface area contributed by atoms with E-state index < -0.39 is 0 Å². The average Bonchev–Trinajstić information content (AvgIpc) is 2.60. The quantitative estimate of drug-likeness (QED) is 0.601. The topological polar surface area (TPSA) is 60.5 Å². The summed E-state index contributed by atoms with van der Waals surface area (Å²) < 4.78 is 10.5. The second-order valence-corrected chi connectivity index (χ2v) is 4.84. The van der Waals surface area contributed by atoms with Gasteiger partial charge in [-0.1, -0.05) is 18.2 Å². The fourth-order valence-electron chi connectivity index (χ4n) is 1.83. The van der Waals surface area contributed by atoms with Crippen LogP contribution in [0.3, 0.4) is 0 Å². The van der Waals surface area contributed by atoms with Crippen LogP contribution in [0.1, 0.15) is 11.1 Å². The molecule has 1 heterocycles. The molecular formula is C18H20N2O3. The molecule has 0 atom stereocenters. The van der Waals surface area contributed by atoms with Crippen LogP contribution in [-0.2, 0) is 16.1 Å². The summed E-state index contributed by atoms with van der Waals surface area (Å²) in [6, 6.07) is 11.4. The lowest BCUT2D eigenvalue weighted by atomic mass is 10.2. The predicted molar refractivity (Wildman–Crippen MR) is 88.9 cm³/mol. The minimum atomic E-state index is -0.140. The summed E-state index contributed by atoms with van der Waals surface area (Å²) in [5.41, 5.74) is 1.95. The van der Waals surface area contributed by atoms with Gasteiger partial charge in [0.05, 0.1) is 6.61 Å². The van der Waals surface area contributed by atoms with Crippen LogP contribution in [0.15, 0.2) is 54.9 Å². The summed E-state index contributed by atoms with van der Waals surface area (Å²) in [4.78, 5) is 15.6. The van der Waals surface area contributed by atoms with Crippen molar-refractivity contribution in [1.29, 1.82) is 0 Å². The van der Waals surface area contributed by atoms with E-state index in [0.717, 1.165) is 16.9 Å². The first-order valence-electron chi connectivity index (χ1n) is 7.34. The van der Waals surface area contributed by atoms with Gasteiger partial charge in [0.2, 0.25) is 5.91 Å². The van der Waals surface area contributed by atoms with Crippen molar-refractivity contribution in [2.75, 3.05) is 20.3 Å². The molecule has 0 aliphatic carbocycles. The average molecular weight is 312 g/mol. The highest BCUT2D eigenvalue weighted by molar-refractivity contribution is 5.91. The van der Waals surface area contributed by atoms with Crippen molar-refractivity contribution in [3.05, 3.63) is 66.0 Å². The molecule has 0 unspecified atom stereocenters. The Labute approximate surface area is 136 Å². The molecule has 0 radical (unpaired) electrons. The minimum absolute atomic E-state index is 0.140. The SMILES string of the molecule is COCCNC(=O)/C=C/c1ccc(OCc2cccnc2)cc1. The Balaban J connectivity index is 1.81. The van der Waals surface area contributed by atoms with Crippen molar-refractivity contribution in [2.24, 2.45) is 0 Å². The Kier molecular flexibility index (Phi) is 6.81. The maximum Gasteiger partial charge on any atom is 0.244 e. The molecule has 23 heavy (non-hydrogen) atoms. The molecule has 2 rings (SSSR count). The van der Waals surface area contributed by atoms with Gasteiger partial charge >= 0.3 is 0 Å². The van der Waals surface area contributed by atoms with Crippen LogP contribution in [0, 0.1) is 0 Å². The van der Waals surface area contributed by atoms with Crippen LogP contribution in [0.4, 0.5) is 0 Å². The molecule has 0 bridgehead atoms. The molecule has 1 amide bonds. The van der Waals surface area contributed by atoms with Crippen LogP contribution >= 0.6 is 0 Å². The third kappa shape index (κ3) is 6.32. The molecule has 0 aliphatic rings. The second-order valence-electron chi connectivity index (χ2n) is 4.84. The zero-order valence-corrected chi connectivity index (χ0v) is 13.1. The van der Waals surface area contributed by atoms with E-state index in [9.17, 15) is 4.79 Å². The molecule has 0 fully saturated rings. The number of ether oxygens (including phenoxy) is 2. The number of nitrogens with one attached hydrogen (secondary N) is 1. The first-order valence-corrected chi connectivity index (χ1v) is 7.34. The molecule has 2 aromatic rings. The molecule has 1 N–H and O–H groups in total. The smallest absolute Gasteiger partial charge is 0.244 e. The Hall–Kier alpha value is -2.66. The lowest BCUT2D eigenvalue weighted by Crippen LogP contribution is -2.24. The fraction of sp³-hybridized carbons (Fsp3) is 0.222.